The van der Waals surface area contributed by atoms with Crippen LogP contribution in [0.1, 0.15) is 66.8 Å². The normalized spacial score (nSPS) is 16.9. The summed E-state index contributed by atoms with van der Waals surface area (Å²) in [6, 6.07) is 5.94. The van der Waals surface area contributed by atoms with Crippen molar-refractivity contribution < 1.29 is 5.11 Å². The summed E-state index contributed by atoms with van der Waals surface area (Å²) in [5.41, 5.74) is 2.87. The minimum Gasteiger partial charge on any atom is -0.380 e. The van der Waals surface area contributed by atoms with Crippen LogP contribution in [0.4, 0.5) is 0 Å². The number of hydrogen-bond acceptors (Lipinski definition) is 5. The van der Waals surface area contributed by atoms with Crippen molar-refractivity contribution in [3.05, 3.63) is 51.1 Å². The predicted octanol–water partition coefficient (Wildman–Crippen LogP) is 2.72. The molecule has 1 aliphatic rings. The molecule has 2 N–H and O–H groups in total. The van der Waals surface area contributed by atoms with Gasteiger partial charge in [0.15, 0.2) is 5.82 Å². The molecule has 7 heteroatoms. The van der Waals surface area contributed by atoms with Crippen molar-refractivity contribution in [1.82, 2.24) is 25.2 Å². The number of nitrogens with zero attached hydrogens (tertiary/aromatic N) is 4. The van der Waals surface area contributed by atoms with Gasteiger partial charge in [0.25, 0.3) is 5.56 Å². The van der Waals surface area contributed by atoms with Gasteiger partial charge >= 0.3 is 0 Å². The van der Waals surface area contributed by atoms with Crippen molar-refractivity contribution in [2.75, 3.05) is 0 Å². The van der Waals surface area contributed by atoms with Crippen LogP contribution in [0, 0.1) is 13.8 Å². The van der Waals surface area contributed by atoms with Crippen molar-refractivity contribution in [2.45, 2.75) is 58.1 Å². The van der Waals surface area contributed by atoms with Crippen molar-refractivity contribution in [1.29, 1.82) is 0 Å². The molecule has 0 bridgehead atoms. The van der Waals surface area contributed by atoms with Crippen LogP contribution in [0.5, 0.6) is 0 Å². The van der Waals surface area contributed by atoms with E-state index in [2.05, 4.69) is 26.6 Å². The first-order valence-corrected chi connectivity index (χ1v) is 9.14. The molecule has 4 rings (SSSR count). The summed E-state index contributed by atoms with van der Waals surface area (Å²) in [6.45, 7) is 3.99. The average molecular weight is 353 g/mol. The van der Waals surface area contributed by atoms with Gasteiger partial charge in [0.1, 0.15) is 6.10 Å². The number of aryl methyl sites for hydroxylation is 2. The monoisotopic (exact) mass is 353 g/mol. The Kier molecular flexibility index (Phi) is 4.32. The van der Waals surface area contributed by atoms with Crippen LogP contribution in [-0.4, -0.2) is 30.3 Å². The molecule has 0 unspecified atom stereocenters. The van der Waals surface area contributed by atoms with Gasteiger partial charge in [0, 0.05) is 10.9 Å². The molecule has 0 amide bonds. The maximum atomic E-state index is 12.6. The number of H-pyrrole nitrogens is 1. The number of tetrazole rings is 1. The highest BCUT2D eigenvalue weighted by atomic mass is 16.3. The van der Waals surface area contributed by atoms with Crippen LogP contribution in [0.3, 0.4) is 0 Å². The molecule has 26 heavy (non-hydrogen) atoms. The standard InChI is InChI=1S/C19H23N5O2/c1-11-8-12(2)14-10-15(19(26)20-16(14)9-11)17(25)18-21-22-23-24(18)13-6-4-3-5-7-13/h8-10,13,17,25H,3-7H2,1-2H3,(H,20,26)/t17-/m0/s1. The van der Waals surface area contributed by atoms with Gasteiger partial charge in [-0.15, -0.1) is 5.10 Å². The topological polar surface area (TPSA) is 96.7 Å². The van der Waals surface area contributed by atoms with Crippen LogP contribution in [0.15, 0.2) is 23.0 Å². The molecule has 0 spiro atoms. The zero-order chi connectivity index (χ0) is 18.3. The molecule has 0 radical (unpaired) electrons. The summed E-state index contributed by atoms with van der Waals surface area (Å²) in [5.74, 6) is 0.339. The van der Waals surface area contributed by atoms with Crippen molar-refractivity contribution >= 4 is 10.9 Å². The fourth-order valence-corrected chi connectivity index (χ4v) is 4.00. The fraction of sp³-hybridized carbons (Fsp3) is 0.474. The van der Waals surface area contributed by atoms with E-state index in [1.54, 1.807) is 10.7 Å². The van der Waals surface area contributed by atoms with Gasteiger partial charge < -0.3 is 10.1 Å². The number of aliphatic hydroxyl groups excluding tert-OH is 1. The third-order valence-electron chi connectivity index (χ3n) is 5.32. The van der Waals surface area contributed by atoms with E-state index in [4.69, 9.17) is 0 Å². The number of rotatable bonds is 3. The smallest absolute Gasteiger partial charge is 0.254 e. The zero-order valence-corrected chi connectivity index (χ0v) is 15.1. The number of fused-ring (bicyclic) bond motifs is 1. The minimum atomic E-state index is -1.15. The molecule has 1 aromatic carbocycles. The first kappa shape index (κ1) is 16.9. The molecule has 136 valence electrons. The highest BCUT2D eigenvalue weighted by Gasteiger charge is 2.26. The highest BCUT2D eigenvalue weighted by Crippen LogP contribution is 2.30. The van der Waals surface area contributed by atoms with Gasteiger partial charge in [-0.25, -0.2) is 4.68 Å². The van der Waals surface area contributed by atoms with Crippen LogP contribution < -0.4 is 5.56 Å². The number of aliphatic hydroxyl groups is 1. The van der Waals surface area contributed by atoms with Crippen molar-refractivity contribution in [2.24, 2.45) is 0 Å². The van der Waals surface area contributed by atoms with Gasteiger partial charge in [0.05, 0.1) is 11.6 Å². The Bertz CT molecular complexity index is 1000. The Morgan fingerprint density at radius 3 is 2.73 bits per heavy atom. The maximum absolute atomic E-state index is 12.6. The van der Waals surface area contributed by atoms with Crippen molar-refractivity contribution in [3.63, 3.8) is 0 Å². The molecule has 3 aromatic rings. The fourth-order valence-electron chi connectivity index (χ4n) is 4.00. The van der Waals surface area contributed by atoms with E-state index in [1.807, 2.05) is 19.9 Å². The Morgan fingerprint density at radius 2 is 1.96 bits per heavy atom. The number of aromatic amines is 1. The Hall–Kier alpha value is -2.54. The molecule has 7 nitrogen and oxygen atoms in total. The number of aromatic nitrogens is 5. The lowest BCUT2D eigenvalue weighted by molar-refractivity contribution is 0.190. The molecule has 2 aromatic heterocycles. The first-order valence-electron chi connectivity index (χ1n) is 9.14. The second-order valence-corrected chi connectivity index (χ2v) is 7.27. The molecule has 1 saturated carbocycles. The predicted molar refractivity (Wildman–Crippen MR) is 98.0 cm³/mol. The lowest BCUT2D eigenvalue weighted by Crippen LogP contribution is -2.23. The van der Waals surface area contributed by atoms with Crippen LogP contribution in [-0.2, 0) is 0 Å². The third-order valence-corrected chi connectivity index (χ3v) is 5.32. The second-order valence-electron chi connectivity index (χ2n) is 7.27. The summed E-state index contributed by atoms with van der Waals surface area (Å²) in [4.78, 5) is 15.5. The number of nitrogens with one attached hydrogen (secondary N) is 1. The first-order chi connectivity index (χ1) is 12.5. The molecule has 1 aliphatic carbocycles. The number of pyridine rings is 1. The average Bonchev–Trinajstić information content (AvgIpc) is 3.11. The summed E-state index contributed by atoms with van der Waals surface area (Å²) in [7, 11) is 0. The minimum absolute atomic E-state index is 0.187. The second kappa shape index (κ2) is 6.64. The van der Waals surface area contributed by atoms with E-state index in [0.29, 0.717) is 5.82 Å². The van der Waals surface area contributed by atoms with Crippen LogP contribution in [0.2, 0.25) is 0 Å². The molecule has 1 fully saturated rings. The molecular formula is C19H23N5O2. The van der Waals surface area contributed by atoms with E-state index >= 15 is 0 Å². The zero-order valence-electron chi connectivity index (χ0n) is 15.1. The molecule has 0 aliphatic heterocycles. The highest BCUT2D eigenvalue weighted by molar-refractivity contribution is 5.83. The summed E-state index contributed by atoms with van der Waals surface area (Å²) < 4.78 is 1.70. The molecule has 0 saturated heterocycles. The SMILES string of the molecule is Cc1cc(C)c2cc([C@H](O)c3nnnn3C3CCCCC3)c(=O)[nH]c2c1. The summed E-state index contributed by atoms with van der Waals surface area (Å²) in [5, 5.41) is 23.7. The van der Waals surface area contributed by atoms with E-state index < -0.39 is 6.10 Å². The number of hydrogen-bond donors (Lipinski definition) is 2. The third kappa shape index (κ3) is 2.92. The van der Waals surface area contributed by atoms with Gasteiger partial charge in [0.2, 0.25) is 0 Å². The van der Waals surface area contributed by atoms with E-state index in [0.717, 1.165) is 47.7 Å². The van der Waals surface area contributed by atoms with Crippen LogP contribution in [0.25, 0.3) is 10.9 Å². The number of benzene rings is 1. The Morgan fingerprint density at radius 1 is 1.19 bits per heavy atom. The van der Waals surface area contributed by atoms with Gasteiger partial charge in [-0.2, -0.15) is 0 Å². The van der Waals surface area contributed by atoms with Gasteiger partial charge in [-0.05, 0) is 60.4 Å². The van der Waals surface area contributed by atoms with Gasteiger partial charge in [-0.1, -0.05) is 25.3 Å². The van der Waals surface area contributed by atoms with E-state index in [-0.39, 0.29) is 17.2 Å². The van der Waals surface area contributed by atoms with E-state index in [1.165, 1.54) is 6.42 Å². The lowest BCUT2D eigenvalue weighted by atomic mass is 9.95. The Balaban J connectivity index is 1.77. The summed E-state index contributed by atoms with van der Waals surface area (Å²) in [6.07, 6.45) is 4.33. The van der Waals surface area contributed by atoms with Crippen molar-refractivity contribution in [3.8, 4) is 0 Å². The van der Waals surface area contributed by atoms with Crippen LogP contribution >= 0.6 is 0 Å². The summed E-state index contributed by atoms with van der Waals surface area (Å²) >= 11 is 0. The molecule has 1 atom stereocenters. The van der Waals surface area contributed by atoms with E-state index in [9.17, 15) is 9.90 Å². The Labute approximate surface area is 151 Å². The quantitative estimate of drug-likeness (QED) is 0.755. The van der Waals surface area contributed by atoms with Gasteiger partial charge in [-0.3, -0.25) is 4.79 Å². The lowest BCUT2D eigenvalue weighted by Gasteiger charge is -2.23. The molecular weight excluding hydrogens is 330 g/mol. The maximum Gasteiger partial charge on any atom is 0.254 e. The largest absolute Gasteiger partial charge is 0.380 e. The molecule has 2 heterocycles.